The molecule has 108 valence electrons. The van der Waals surface area contributed by atoms with E-state index in [1.165, 1.54) is 18.2 Å². The van der Waals surface area contributed by atoms with Crippen molar-refractivity contribution in [3.63, 3.8) is 0 Å². The molecule has 22 heavy (non-hydrogen) atoms. The second-order valence-electron chi connectivity index (χ2n) is 4.11. The normalized spacial score (nSPS) is 9.68. The van der Waals surface area contributed by atoms with Gasteiger partial charge in [0, 0.05) is 11.1 Å². The number of benzene rings is 2. The van der Waals surface area contributed by atoms with Crippen molar-refractivity contribution >= 4 is 33.5 Å². The van der Waals surface area contributed by atoms with Crippen molar-refractivity contribution in [1.82, 2.24) is 0 Å². The molecule has 0 fully saturated rings. The number of para-hydroxylation sites is 2. The van der Waals surface area contributed by atoms with E-state index in [0.29, 0.717) is 0 Å². The van der Waals surface area contributed by atoms with Gasteiger partial charge in [-0.05, 0) is 40.2 Å². The topological polar surface area (TPSA) is 110 Å². The van der Waals surface area contributed by atoms with E-state index >= 15 is 0 Å². The first-order valence-electron chi connectivity index (χ1n) is 5.73. The van der Waals surface area contributed by atoms with Gasteiger partial charge in [0.2, 0.25) is 0 Å². The predicted molar refractivity (Wildman–Crippen MR) is 76.2 cm³/mol. The molecule has 0 unspecified atom stereocenters. The van der Waals surface area contributed by atoms with Crippen LogP contribution >= 0.6 is 15.9 Å². The maximum atomic E-state index is 12.1. The number of nitrogens with one attached hydrogen (secondary N) is 1. The smallest absolute Gasteiger partial charge is 0.545 e. The maximum Gasteiger partial charge on any atom is 1.00 e. The molecular formula is C14H9BrNNaO5. The van der Waals surface area contributed by atoms with Crippen LogP contribution in [0.2, 0.25) is 0 Å². The van der Waals surface area contributed by atoms with E-state index in [1.54, 1.807) is 12.1 Å². The molecule has 3 N–H and O–H groups in total. The Morgan fingerprint density at radius 2 is 1.77 bits per heavy atom. The molecule has 0 bridgehead atoms. The fourth-order valence-electron chi connectivity index (χ4n) is 1.66. The van der Waals surface area contributed by atoms with Crippen molar-refractivity contribution in [3.05, 3.63) is 52.0 Å². The number of halogens is 1. The monoisotopic (exact) mass is 373 g/mol. The third kappa shape index (κ3) is 4.01. The molecule has 0 aliphatic heterocycles. The Balaban J connectivity index is 0.00000242. The van der Waals surface area contributed by atoms with Crippen LogP contribution in [0, 0.1) is 0 Å². The van der Waals surface area contributed by atoms with Crippen LogP contribution in [-0.4, -0.2) is 22.1 Å². The van der Waals surface area contributed by atoms with E-state index in [-0.39, 0.29) is 51.0 Å². The number of carbonyl (C=O) groups is 2. The second-order valence-corrected chi connectivity index (χ2v) is 4.97. The molecule has 0 radical (unpaired) electrons. The van der Waals surface area contributed by atoms with Gasteiger partial charge >= 0.3 is 29.6 Å². The molecule has 0 saturated heterocycles. The molecular weight excluding hydrogens is 365 g/mol. The molecule has 0 aliphatic rings. The van der Waals surface area contributed by atoms with Crippen LogP contribution in [0.15, 0.2) is 40.9 Å². The minimum atomic E-state index is -1.61. The van der Waals surface area contributed by atoms with Crippen LogP contribution in [0.3, 0.4) is 0 Å². The Kier molecular flexibility index (Phi) is 6.43. The van der Waals surface area contributed by atoms with Gasteiger partial charge in [-0.2, -0.15) is 0 Å². The Morgan fingerprint density at radius 1 is 1.14 bits per heavy atom. The molecule has 2 aromatic carbocycles. The summed E-state index contributed by atoms with van der Waals surface area (Å²) in [5.74, 6) is -2.89. The van der Waals surface area contributed by atoms with Gasteiger partial charge in [-0.25, -0.2) is 0 Å². The molecule has 0 heterocycles. The van der Waals surface area contributed by atoms with Crippen LogP contribution in [0.4, 0.5) is 5.69 Å². The molecule has 0 spiro atoms. The number of hydrogen-bond donors (Lipinski definition) is 3. The SMILES string of the molecule is O=C(Nc1ccccc1O)c1cc(Br)c(O)c(C(=O)[O-])c1.[Na+]. The first-order valence-corrected chi connectivity index (χ1v) is 6.52. The molecule has 8 heteroatoms. The summed E-state index contributed by atoms with van der Waals surface area (Å²) < 4.78 is 0.0478. The standard InChI is InChI=1S/C14H10BrNO5.Na/c15-9-6-7(5-8(12(9)18)14(20)21)13(19)16-10-3-1-2-4-11(10)17;/h1-6,17-18H,(H,16,19)(H,20,21);/q;+1/p-1. The van der Waals surface area contributed by atoms with Gasteiger partial charge in [0.05, 0.1) is 16.1 Å². The second kappa shape index (κ2) is 7.64. The largest absolute Gasteiger partial charge is 1.00 e. The molecule has 0 aliphatic carbocycles. The number of anilines is 1. The Labute approximate surface area is 156 Å². The Morgan fingerprint density at radius 3 is 2.36 bits per heavy atom. The van der Waals surface area contributed by atoms with Crippen LogP contribution in [-0.2, 0) is 0 Å². The number of rotatable bonds is 3. The van der Waals surface area contributed by atoms with Gasteiger partial charge in [0.25, 0.3) is 5.91 Å². The van der Waals surface area contributed by atoms with Crippen LogP contribution < -0.4 is 40.0 Å². The first kappa shape index (κ1) is 18.5. The third-order valence-electron chi connectivity index (χ3n) is 2.70. The van der Waals surface area contributed by atoms with E-state index in [1.807, 2.05) is 0 Å². The number of phenols is 2. The summed E-state index contributed by atoms with van der Waals surface area (Å²) in [6.07, 6.45) is 0. The summed E-state index contributed by atoms with van der Waals surface area (Å²) in [5.41, 5.74) is -0.337. The summed E-state index contributed by atoms with van der Waals surface area (Å²) in [6, 6.07) is 8.35. The number of carboxylic acids is 1. The number of hydrogen-bond acceptors (Lipinski definition) is 5. The van der Waals surface area contributed by atoms with Gasteiger partial charge in [-0.3, -0.25) is 4.79 Å². The zero-order chi connectivity index (χ0) is 15.6. The predicted octanol–water partition coefficient (Wildman–Crippen LogP) is -1.52. The molecule has 0 atom stereocenters. The minimum Gasteiger partial charge on any atom is -0.545 e. The number of phenolic OH excluding ortho intramolecular Hbond substituents is 1. The zero-order valence-electron chi connectivity index (χ0n) is 11.5. The van der Waals surface area contributed by atoms with E-state index in [2.05, 4.69) is 21.2 Å². The summed E-state index contributed by atoms with van der Waals surface area (Å²) >= 11 is 2.96. The maximum absolute atomic E-state index is 12.1. The summed E-state index contributed by atoms with van der Waals surface area (Å²) in [6.45, 7) is 0. The average Bonchev–Trinajstić information content (AvgIpc) is 2.43. The summed E-state index contributed by atoms with van der Waals surface area (Å²) in [4.78, 5) is 23.0. The van der Waals surface area contributed by atoms with E-state index in [4.69, 9.17) is 0 Å². The fourth-order valence-corrected chi connectivity index (χ4v) is 2.12. The van der Waals surface area contributed by atoms with Gasteiger partial charge in [-0.1, -0.05) is 12.1 Å². The van der Waals surface area contributed by atoms with Crippen LogP contribution in [0.25, 0.3) is 0 Å². The number of carbonyl (C=O) groups excluding carboxylic acids is 2. The van der Waals surface area contributed by atoms with Crippen molar-refractivity contribution in [2.24, 2.45) is 0 Å². The average molecular weight is 374 g/mol. The molecule has 0 saturated carbocycles. The van der Waals surface area contributed by atoms with E-state index < -0.39 is 23.2 Å². The molecule has 2 rings (SSSR count). The number of aromatic carboxylic acids is 1. The Hall–Kier alpha value is -1.54. The number of carboxylic acid groups (broad SMARTS) is 1. The minimum absolute atomic E-state index is 0. The quantitative estimate of drug-likeness (QED) is 0.447. The van der Waals surface area contributed by atoms with Gasteiger partial charge in [-0.15, -0.1) is 0 Å². The number of amides is 1. The van der Waals surface area contributed by atoms with Crippen molar-refractivity contribution in [2.75, 3.05) is 5.32 Å². The first-order chi connectivity index (χ1) is 9.90. The van der Waals surface area contributed by atoms with Crippen molar-refractivity contribution < 1.29 is 54.5 Å². The van der Waals surface area contributed by atoms with Crippen molar-refractivity contribution in [2.45, 2.75) is 0 Å². The fraction of sp³-hybridized carbons (Fsp3) is 0. The Bertz CT molecular complexity index is 735. The molecule has 2 aromatic rings. The van der Waals surface area contributed by atoms with E-state index in [9.17, 15) is 24.9 Å². The van der Waals surface area contributed by atoms with Gasteiger partial charge < -0.3 is 25.4 Å². The molecule has 0 aromatic heterocycles. The van der Waals surface area contributed by atoms with E-state index in [0.717, 1.165) is 6.07 Å². The number of aromatic hydroxyl groups is 2. The van der Waals surface area contributed by atoms with Crippen molar-refractivity contribution in [3.8, 4) is 11.5 Å². The summed E-state index contributed by atoms with van der Waals surface area (Å²) in [5, 5.41) is 32.5. The zero-order valence-corrected chi connectivity index (χ0v) is 15.0. The molecule has 1 amide bonds. The van der Waals surface area contributed by atoms with Crippen molar-refractivity contribution in [1.29, 1.82) is 0 Å². The third-order valence-corrected chi connectivity index (χ3v) is 3.30. The van der Waals surface area contributed by atoms with Crippen LogP contribution in [0.5, 0.6) is 11.5 Å². The summed E-state index contributed by atoms with van der Waals surface area (Å²) in [7, 11) is 0. The van der Waals surface area contributed by atoms with Crippen LogP contribution in [0.1, 0.15) is 20.7 Å². The van der Waals surface area contributed by atoms with Gasteiger partial charge in [0.15, 0.2) is 0 Å². The molecule has 6 nitrogen and oxygen atoms in total. The van der Waals surface area contributed by atoms with Gasteiger partial charge in [0.1, 0.15) is 11.5 Å².